The standard InChI is InChI=1S/C31H37F2N5O3/c1-30(2,3)41-29(39)37-16-14-31(15-17-37)12-10-20(11-13-31)25-23(19-4-6-21(7-5-19)40-22-8-9-22)24-26(34)35-18-36-27(24)38(25)28(32)33/h4-7,10,18,22,28H,8-9,11-17H2,1-3H3,(H2,34,35,36). The van der Waals surface area contributed by atoms with Gasteiger partial charge in [0, 0.05) is 18.7 Å². The molecule has 10 heteroatoms. The molecule has 2 fully saturated rings. The summed E-state index contributed by atoms with van der Waals surface area (Å²) in [5.41, 5.74) is 8.62. The van der Waals surface area contributed by atoms with Crippen LogP contribution < -0.4 is 10.5 Å². The summed E-state index contributed by atoms with van der Waals surface area (Å²) in [4.78, 5) is 22.8. The molecule has 3 heterocycles. The van der Waals surface area contributed by atoms with E-state index in [-0.39, 0.29) is 29.1 Å². The Bertz CT molecular complexity index is 1480. The monoisotopic (exact) mass is 565 g/mol. The van der Waals surface area contributed by atoms with Crippen LogP contribution in [0, 0.1) is 5.41 Å². The predicted octanol–water partition coefficient (Wildman–Crippen LogP) is 7.20. The van der Waals surface area contributed by atoms with Crippen LogP contribution in [-0.4, -0.2) is 50.3 Å². The fraction of sp³-hybridized carbons (Fsp3) is 0.516. The first-order chi connectivity index (χ1) is 19.5. The first kappa shape index (κ1) is 27.5. The van der Waals surface area contributed by atoms with Gasteiger partial charge in [0.1, 0.15) is 23.5 Å². The average Bonchev–Trinajstić information content (AvgIpc) is 3.67. The van der Waals surface area contributed by atoms with Crippen molar-refractivity contribution in [1.29, 1.82) is 0 Å². The zero-order valence-electron chi connectivity index (χ0n) is 23.8. The van der Waals surface area contributed by atoms with E-state index in [2.05, 4.69) is 16.0 Å². The first-order valence-electron chi connectivity index (χ1n) is 14.4. The lowest BCUT2D eigenvalue weighted by Crippen LogP contribution is -2.45. The number of nitrogens with two attached hydrogens (primary N) is 1. The summed E-state index contributed by atoms with van der Waals surface area (Å²) < 4.78 is 41.9. The van der Waals surface area contributed by atoms with Crippen molar-refractivity contribution in [2.75, 3.05) is 18.8 Å². The highest BCUT2D eigenvalue weighted by Crippen LogP contribution is 2.50. The maximum absolute atomic E-state index is 14.7. The van der Waals surface area contributed by atoms with Gasteiger partial charge in [-0.2, -0.15) is 8.78 Å². The summed E-state index contributed by atoms with van der Waals surface area (Å²) in [6.45, 7) is 4.05. The maximum Gasteiger partial charge on any atom is 0.410 e. The second-order valence-electron chi connectivity index (χ2n) is 12.6. The number of allylic oxidation sites excluding steroid dienone is 2. The number of carbonyl (C=O) groups excluding carboxylic acids is 1. The van der Waals surface area contributed by atoms with Crippen LogP contribution in [0.3, 0.4) is 0 Å². The number of rotatable bonds is 5. The van der Waals surface area contributed by atoms with Crippen LogP contribution in [0.4, 0.5) is 19.4 Å². The average molecular weight is 566 g/mol. The highest BCUT2D eigenvalue weighted by molar-refractivity contribution is 6.06. The number of hydrogen-bond acceptors (Lipinski definition) is 6. The Morgan fingerprint density at radius 3 is 2.39 bits per heavy atom. The zero-order chi connectivity index (χ0) is 28.9. The molecule has 1 saturated carbocycles. The van der Waals surface area contributed by atoms with E-state index in [0.717, 1.165) is 60.0 Å². The largest absolute Gasteiger partial charge is 0.490 e. The second kappa shape index (κ2) is 10.3. The smallest absolute Gasteiger partial charge is 0.410 e. The van der Waals surface area contributed by atoms with Crippen LogP contribution in [-0.2, 0) is 4.74 Å². The molecular formula is C31H37F2N5O3. The van der Waals surface area contributed by atoms with Gasteiger partial charge >= 0.3 is 12.6 Å². The Labute approximate surface area is 238 Å². The number of fused-ring (bicyclic) bond motifs is 1. The predicted molar refractivity (Wildman–Crippen MR) is 154 cm³/mol. The number of nitrogen functional groups attached to an aromatic ring is 1. The van der Waals surface area contributed by atoms with Crippen LogP contribution in [0.5, 0.6) is 5.75 Å². The number of amides is 1. The van der Waals surface area contributed by atoms with E-state index in [9.17, 15) is 13.6 Å². The number of hydrogen-bond donors (Lipinski definition) is 1. The molecule has 218 valence electrons. The topological polar surface area (TPSA) is 95.5 Å². The van der Waals surface area contributed by atoms with E-state index in [1.807, 2.05) is 45.0 Å². The molecule has 1 spiro atoms. The molecule has 2 aromatic heterocycles. The Morgan fingerprint density at radius 1 is 1.10 bits per heavy atom. The van der Waals surface area contributed by atoms with Crippen molar-refractivity contribution >= 4 is 28.5 Å². The van der Waals surface area contributed by atoms with Gasteiger partial charge in [0.2, 0.25) is 0 Å². The van der Waals surface area contributed by atoms with Crippen LogP contribution in [0.15, 0.2) is 36.7 Å². The minimum absolute atomic E-state index is 0.0322. The fourth-order valence-electron chi connectivity index (χ4n) is 6.12. The number of likely N-dealkylation sites (tertiary alicyclic amines) is 1. The number of ether oxygens (including phenoxy) is 2. The third-order valence-electron chi connectivity index (χ3n) is 8.46. The van der Waals surface area contributed by atoms with E-state index in [4.69, 9.17) is 15.2 Å². The molecule has 1 aromatic carbocycles. The van der Waals surface area contributed by atoms with E-state index in [1.54, 1.807) is 4.90 Å². The Morgan fingerprint density at radius 2 is 1.80 bits per heavy atom. The van der Waals surface area contributed by atoms with Crippen molar-refractivity contribution in [2.24, 2.45) is 5.41 Å². The second-order valence-corrected chi connectivity index (χ2v) is 12.6. The summed E-state index contributed by atoms with van der Waals surface area (Å²) in [7, 11) is 0. The molecule has 0 bridgehead atoms. The summed E-state index contributed by atoms with van der Waals surface area (Å²) in [6, 6.07) is 7.56. The third-order valence-corrected chi connectivity index (χ3v) is 8.46. The molecule has 0 atom stereocenters. The number of piperidine rings is 1. The van der Waals surface area contributed by atoms with Crippen molar-refractivity contribution in [3.8, 4) is 16.9 Å². The fourth-order valence-corrected chi connectivity index (χ4v) is 6.12. The van der Waals surface area contributed by atoms with Gasteiger partial charge in [-0.25, -0.2) is 14.8 Å². The van der Waals surface area contributed by atoms with E-state index in [1.165, 1.54) is 6.33 Å². The lowest BCUT2D eigenvalue weighted by molar-refractivity contribution is 0.00895. The molecule has 1 aliphatic heterocycles. The van der Waals surface area contributed by atoms with Gasteiger partial charge < -0.3 is 20.1 Å². The number of carbonyl (C=O) groups is 1. The molecule has 8 nitrogen and oxygen atoms in total. The Kier molecular flexibility index (Phi) is 6.90. The number of benzene rings is 1. The van der Waals surface area contributed by atoms with Gasteiger partial charge in [-0.05, 0) is 94.4 Å². The summed E-state index contributed by atoms with van der Waals surface area (Å²) in [5, 5.41) is 0.436. The minimum atomic E-state index is -2.80. The molecule has 0 unspecified atom stereocenters. The Hall–Kier alpha value is -3.69. The zero-order valence-corrected chi connectivity index (χ0v) is 23.8. The lowest BCUT2D eigenvalue weighted by Gasteiger charge is -2.43. The summed E-state index contributed by atoms with van der Waals surface area (Å²) in [6.07, 6.45) is 9.37. The summed E-state index contributed by atoms with van der Waals surface area (Å²) in [5.74, 6) is 0.933. The Balaban J connectivity index is 1.33. The van der Waals surface area contributed by atoms with Crippen molar-refractivity contribution in [3.63, 3.8) is 0 Å². The van der Waals surface area contributed by atoms with E-state index < -0.39 is 12.2 Å². The van der Waals surface area contributed by atoms with Gasteiger partial charge in [-0.15, -0.1) is 0 Å². The van der Waals surface area contributed by atoms with Gasteiger partial charge in [0.05, 0.1) is 17.2 Å². The first-order valence-corrected chi connectivity index (χ1v) is 14.4. The third kappa shape index (κ3) is 5.48. The summed E-state index contributed by atoms with van der Waals surface area (Å²) >= 11 is 0. The molecule has 6 rings (SSSR count). The molecule has 1 amide bonds. The van der Waals surface area contributed by atoms with Gasteiger partial charge in [0.15, 0.2) is 5.65 Å². The minimum Gasteiger partial charge on any atom is -0.490 e. The van der Waals surface area contributed by atoms with Crippen molar-refractivity contribution in [1.82, 2.24) is 19.4 Å². The van der Waals surface area contributed by atoms with E-state index in [0.29, 0.717) is 36.2 Å². The van der Waals surface area contributed by atoms with Crippen molar-refractivity contribution in [3.05, 3.63) is 42.4 Å². The molecule has 3 aromatic rings. The SMILES string of the molecule is CC(C)(C)OC(=O)N1CCC2(CC=C(c3c(-c4ccc(OC5CC5)cc4)c4c(N)ncnc4n3C(F)F)CC2)CC1. The number of halogens is 2. The molecule has 1 saturated heterocycles. The van der Waals surface area contributed by atoms with Crippen LogP contribution in [0.1, 0.15) is 78.0 Å². The number of nitrogens with zero attached hydrogens (tertiary/aromatic N) is 4. The quantitative estimate of drug-likeness (QED) is 0.351. The number of anilines is 1. The molecule has 41 heavy (non-hydrogen) atoms. The number of aromatic nitrogens is 3. The normalized spacial score (nSPS) is 19.1. The van der Waals surface area contributed by atoms with Gasteiger partial charge in [-0.3, -0.25) is 4.57 Å². The maximum atomic E-state index is 14.7. The van der Waals surface area contributed by atoms with Gasteiger partial charge in [0.25, 0.3) is 0 Å². The van der Waals surface area contributed by atoms with E-state index >= 15 is 0 Å². The molecule has 3 aliphatic rings. The van der Waals surface area contributed by atoms with Crippen molar-refractivity contribution < 1.29 is 23.0 Å². The molecule has 2 aliphatic carbocycles. The highest BCUT2D eigenvalue weighted by Gasteiger charge is 2.39. The van der Waals surface area contributed by atoms with Crippen LogP contribution in [0.25, 0.3) is 27.7 Å². The van der Waals surface area contributed by atoms with Crippen LogP contribution >= 0.6 is 0 Å². The van der Waals surface area contributed by atoms with Crippen LogP contribution in [0.2, 0.25) is 0 Å². The molecule has 0 radical (unpaired) electrons. The molecular weight excluding hydrogens is 528 g/mol. The highest BCUT2D eigenvalue weighted by atomic mass is 19.3. The van der Waals surface area contributed by atoms with Gasteiger partial charge in [-0.1, -0.05) is 18.2 Å². The van der Waals surface area contributed by atoms with Crippen molar-refractivity contribution in [2.45, 2.75) is 84.0 Å². The lowest BCUT2D eigenvalue weighted by atomic mass is 9.68. The molecule has 2 N–H and O–H groups in total. The number of alkyl halides is 2.